The minimum atomic E-state index is -4.78. The second-order valence-electron chi connectivity index (χ2n) is 7.14. The monoisotopic (exact) mass is 501 g/mol. The smallest absolute Gasteiger partial charge is 0.425 e. The molecule has 182 valence electrons. The third-order valence-electron chi connectivity index (χ3n) is 4.61. The molecule has 1 atom stereocenters. The molecule has 0 saturated heterocycles. The van der Waals surface area contributed by atoms with Crippen molar-refractivity contribution < 1.29 is 31.5 Å². The summed E-state index contributed by atoms with van der Waals surface area (Å²) in [4.78, 5) is 21.1. The van der Waals surface area contributed by atoms with Gasteiger partial charge in [0.2, 0.25) is 0 Å². The maximum Gasteiger partial charge on any atom is 0.425 e. The molecule has 0 saturated carbocycles. The van der Waals surface area contributed by atoms with Crippen LogP contribution in [-0.4, -0.2) is 28.2 Å². The number of allylic oxidation sites excluding steroid dienone is 4. The van der Waals surface area contributed by atoms with Gasteiger partial charge in [0.15, 0.2) is 6.10 Å². The van der Waals surface area contributed by atoms with E-state index >= 15 is 0 Å². The van der Waals surface area contributed by atoms with Gasteiger partial charge in [0.05, 0.1) is 39.6 Å². The van der Waals surface area contributed by atoms with Gasteiger partial charge in [-0.25, -0.2) is 13.8 Å². The lowest BCUT2D eigenvalue weighted by atomic mass is 10.1. The predicted octanol–water partition coefficient (Wildman–Crippen LogP) is 6.47. The van der Waals surface area contributed by atoms with E-state index in [1.807, 2.05) is 0 Å². The Kier molecular flexibility index (Phi) is 8.55. The fourth-order valence-corrected chi connectivity index (χ4v) is 2.90. The number of rotatable bonds is 7. The second kappa shape index (κ2) is 10.8. The number of halogens is 6. The summed E-state index contributed by atoms with van der Waals surface area (Å²) < 4.78 is 73.3. The van der Waals surface area contributed by atoms with E-state index in [0.29, 0.717) is 17.5 Å². The van der Waals surface area contributed by atoms with E-state index in [2.05, 4.69) is 21.9 Å². The van der Waals surface area contributed by atoms with Crippen LogP contribution >= 0.6 is 11.6 Å². The van der Waals surface area contributed by atoms with Crippen molar-refractivity contribution in [2.45, 2.75) is 40.0 Å². The topological polar surface area (TPSA) is 64.1 Å². The van der Waals surface area contributed by atoms with Crippen LogP contribution in [0.15, 0.2) is 53.6 Å². The number of carbonyl (C=O) groups is 1. The van der Waals surface area contributed by atoms with E-state index in [1.54, 1.807) is 20.8 Å². The van der Waals surface area contributed by atoms with E-state index in [1.165, 1.54) is 18.3 Å². The second-order valence-corrected chi connectivity index (χ2v) is 7.55. The minimum Gasteiger partial charge on any atom is -0.480 e. The first-order valence-corrected chi connectivity index (χ1v) is 10.2. The molecular weight excluding hydrogens is 481 g/mol. The molecular formula is C23H21ClF5N3O2. The Morgan fingerprint density at radius 1 is 1.26 bits per heavy atom. The number of benzene rings is 1. The summed E-state index contributed by atoms with van der Waals surface area (Å²) >= 11 is 5.93. The molecule has 0 unspecified atom stereocenters. The number of ether oxygens (including phenoxy) is 1. The Morgan fingerprint density at radius 3 is 2.44 bits per heavy atom. The molecule has 2 rings (SSSR count). The summed E-state index contributed by atoms with van der Waals surface area (Å²) in [5, 5.41) is 1.86. The standard InChI is InChI=1S/C23H21ClF5N3O2/c1-6-7-17(24)21(11(2)25)32-22(33)16-8-18(26)15(19-10-30-12(3)13(4)31-19)9-20(16)34-14(5)23(27,28)29/h6-10,14H,2H2,1,3-5H3,(H,32,33)/b7-6-,21-17-/t14-/m0/s1. The van der Waals surface area contributed by atoms with Gasteiger partial charge < -0.3 is 10.1 Å². The largest absolute Gasteiger partial charge is 0.480 e. The van der Waals surface area contributed by atoms with E-state index in [4.69, 9.17) is 16.3 Å². The molecule has 34 heavy (non-hydrogen) atoms. The van der Waals surface area contributed by atoms with Gasteiger partial charge in [-0.15, -0.1) is 0 Å². The normalized spacial score (nSPS) is 13.5. The van der Waals surface area contributed by atoms with Gasteiger partial charge >= 0.3 is 6.18 Å². The molecule has 1 aromatic carbocycles. The number of aromatic nitrogens is 2. The molecule has 0 aliphatic heterocycles. The summed E-state index contributed by atoms with van der Waals surface area (Å²) in [5.74, 6) is -3.88. The SMILES string of the molecule is C=C(F)/C(NC(=O)c1cc(F)c(-c2cnc(C)c(C)n2)cc1O[C@@H](C)C(F)(F)F)=C(Cl)\C=C/C. The van der Waals surface area contributed by atoms with Crippen LogP contribution in [0.4, 0.5) is 22.0 Å². The van der Waals surface area contributed by atoms with Gasteiger partial charge in [0.25, 0.3) is 5.91 Å². The highest BCUT2D eigenvalue weighted by Gasteiger charge is 2.39. The van der Waals surface area contributed by atoms with Crippen molar-refractivity contribution in [1.29, 1.82) is 0 Å². The van der Waals surface area contributed by atoms with Crippen molar-refractivity contribution in [3.05, 3.63) is 76.4 Å². The maximum absolute atomic E-state index is 15.0. The van der Waals surface area contributed by atoms with Gasteiger partial charge in [0, 0.05) is 5.56 Å². The number of hydrogen-bond donors (Lipinski definition) is 1. The zero-order chi connectivity index (χ0) is 25.8. The number of aryl methyl sites for hydroxylation is 2. The zero-order valence-corrected chi connectivity index (χ0v) is 19.4. The van der Waals surface area contributed by atoms with Crippen LogP contribution in [0.2, 0.25) is 0 Å². The summed E-state index contributed by atoms with van der Waals surface area (Å²) in [6.07, 6.45) is -3.18. The molecule has 0 radical (unpaired) electrons. The minimum absolute atomic E-state index is 0.0194. The Bertz CT molecular complexity index is 1180. The Labute approximate surface area is 198 Å². The van der Waals surface area contributed by atoms with Crippen molar-refractivity contribution in [1.82, 2.24) is 15.3 Å². The van der Waals surface area contributed by atoms with Crippen LogP contribution in [-0.2, 0) is 0 Å². The zero-order valence-electron chi connectivity index (χ0n) is 18.6. The van der Waals surface area contributed by atoms with E-state index in [-0.39, 0.29) is 16.3 Å². The average Bonchev–Trinajstić information content (AvgIpc) is 2.73. The van der Waals surface area contributed by atoms with Crippen LogP contribution in [0.5, 0.6) is 5.75 Å². The molecule has 0 aliphatic carbocycles. The summed E-state index contributed by atoms with van der Waals surface area (Å²) in [6, 6.07) is 1.58. The van der Waals surface area contributed by atoms with E-state index in [9.17, 15) is 26.7 Å². The number of nitrogens with zero attached hydrogens (tertiary/aromatic N) is 2. The van der Waals surface area contributed by atoms with Gasteiger partial charge in [-0.3, -0.25) is 9.78 Å². The molecule has 1 aromatic heterocycles. The van der Waals surface area contributed by atoms with Gasteiger partial charge in [-0.1, -0.05) is 24.3 Å². The molecule has 5 nitrogen and oxygen atoms in total. The maximum atomic E-state index is 15.0. The molecule has 2 aromatic rings. The summed E-state index contributed by atoms with van der Waals surface area (Å²) in [6.45, 7) is 8.67. The van der Waals surface area contributed by atoms with Gasteiger partial charge in [-0.05, 0) is 45.9 Å². The number of carbonyl (C=O) groups excluding carboxylic acids is 1. The fraction of sp³-hybridized carbons (Fsp3) is 0.261. The van der Waals surface area contributed by atoms with Crippen LogP contribution < -0.4 is 10.1 Å². The fourth-order valence-electron chi connectivity index (χ4n) is 2.62. The van der Waals surface area contributed by atoms with Crippen molar-refractivity contribution in [3.63, 3.8) is 0 Å². The Morgan fingerprint density at radius 2 is 1.91 bits per heavy atom. The third kappa shape index (κ3) is 6.40. The van der Waals surface area contributed by atoms with E-state index < -0.39 is 46.8 Å². The molecule has 1 heterocycles. The lowest BCUT2D eigenvalue weighted by molar-refractivity contribution is -0.189. The summed E-state index contributed by atoms with van der Waals surface area (Å²) in [7, 11) is 0. The highest BCUT2D eigenvalue weighted by atomic mass is 35.5. The van der Waals surface area contributed by atoms with Gasteiger partial charge in [0.1, 0.15) is 17.4 Å². The van der Waals surface area contributed by atoms with Crippen molar-refractivity contribution >= 4 is 17.5 Å². The first-order chi connectivity index (χ1) is 15.8. The number of amides is 1. The molecule has 0 aliphatic rings. The number of alkyl halides is 3. The van der Waals surface area contributed by atoms with E-state index in [0.717, 1.165) is 13.0 Å². The molecule has 1 amide bonds. The molecule has 1 N–H and O–H groups in total. The molecule has 11 heteroatoms. The molecule has 0 fully saturated rings. The highest BCUT2D eigenvalue weighted by molar-refractivity contribution is 6.32. The van der Waals surface area contributed by atoms with Crippen molar-refractivity contribution in [2.75, 3.05) is 0 Å². The Hall–Kier alpha value is -3.27. The van der Waals surface area contributed by atoms with Crippen LogP contribution in [0.3, 0.4) is 0 Å². The number of hydrogen-bond acceptors (Lipinski definition) is 4. The Balaban J connectivity index is 2.64. The lowest BCUT2D eigenvalue weighted by Crippen LogP contribution is -2.32. The molecule has 0 spiro atoms. The first kappa shape index (κ1) is 27.0. The van der Waals surface area contributed by atoms with Crippen LogP contribution in [0.25, 0.3) is 11.3 Å². The molecule has 0 bridgehead atoms. The summed E-state index contributed by atoms with van der Waals surface area (Å²) in [5.41, 5.74) is -0.340. The highest BCUT2D eigenvalue weighted by Crippen LogP contribution is 2.33. The average molecular weight is 502 g/mol. The van der Waals surface area contributed by atoms with Crippen molar-refractivity contribution in [2.24, 2.45) is 0 Å². The lowest BCUT2D eigenvalue weighted by Gasteiger charge is -2.21. The predicted molar refractivity (Wildman–Crippen MR) is 118 cm³/mol. The third-order valence-corrected chi connectivity index (χ3v) is 4.92. The number of nitrogens with one attached hydrogen (secondary N) is 1. The first-order valence-electron chi connectivity index (χ1n) is 9.82. The van der Waals surface area contributed by atoms with Crippen molar-refractivity contribution in [3.8, 4) is 17.0 Å². The van der Waals surface area contributed by atoms with Crippen LogP contribution in [0, 0.1) is 19.7 Å². The quantitative estimate of drug-likeness (QED) is 0.349. The van der Waals surface area contributed by atoms with Crippen LogP contribution in [0.1, 0.15) is 35.6 Å². The van der Waals surface area contributed by atoms with Gasteiger partial charge in [-0.2, -0.15) is 13.2 Å².